The fraction of sp³-hybridized carbons (Fsp3) is 0.409. The molecule has 1 heterocycles. The van der Waals surface area contributed by atoms with Gasteiger partial charge in [0.2, 0.25) is 5.91 Å². The second-order valence-corrected chi connectivity index (χ2v) is 6.08. The average Bonchev–Trinajstić information content (AvgIpc) is 2.70. The molecule has 1 aromatic heterocycles. The Morgan fingerprint density at radius 2 is 1.93 bits per heavy atom. The number of aryl methyl sites for hydroxylation is 1. The van der Waals surface area contributed by atoms with Crippen LogP contribution in [0.4, 0.5) is 19.0 Å². The van der Waals surface area contributed by atoms with Crippen LogP contribution in [0.5, 0.6) is 5.75 Å². The molecule has 5 nitrogen and oxygen atoms in total. The van der Waals surface area contributed by atoms with Crippen molar-refractivity contribution in [1.29, 1.82) is 5.26 Å². The number of anilines is 1. The maximum atomic E-state index is 12.1. The molecule has 0 spiro atoms. The summed E-state index contributed by atoms with van der Waals surface area (Å²) in [5.41, 5.74) is 1.36. The Hall–Kier alpha value is -3.08. The van der Waals surface area contributed by atoms with Crippen LogP contribution in [0.1, 0.15) is 45.2 Å². The Labute approximate surface area is 175 Å². The minimum Gasteiger partial charge on any atom is -0.406 e. The standard InChI is InChI=1S/C15H13F3N2O2.C5H9N.C2H6/c1-10-5-6-13(19-9-10)20-14(21)8-11-3-2-4-12(7-11)22-15(16,17)18;1-3-5(2)4-6;1-2/h2-7,9H,8H2,1H3,(H,19,20,21);5H,3H2,1-2H3;1-2H3. The number of carbonyl (C=O) groups excluding carboxylic acids is 1. The van der Waals surface area contributed by atoms with Crippen molar-refractivity contribution >= 4 is 11.7 Å². The van der Waals surface area contributed by atoms with E-state index in [1.807, 2.05) is 34.6 Å². The third-order valence-electron chi connectivity index (χ3n) is 3.51. The van der Waals surface area contributed by atoms with Gasteiger partial charge >= 0.3 is 6.36 Å². The summed E-state index contributed by atoms with van der Waals surface area (Å²) in [5, 5.41) is 10.7. The number of aromatic nitrogens is 1. The predicted octanol–water partition coefficient (Wildman–Crippen LogP) is 6.05. The zero-order valence-corrected chi connectivity index (χ0v) is 17.9. The first-order chi connectivity index (χ1) is 14.1. The average molecular weight is 423 g/mol. The van der Waals surface area contributed by atoms with E-state index in [0.29, 0.717) is 11.4 Å². The van der Waals surface area contributed by atoms with Crippen LogP contribution in [0.3, 0.4) is 0 Å². The van der Waals surface area contributed by atoms with Gasteiger partial charge in [-0.3, -0.25) is 4.79 Å². The molecule has 2 aromatic rings. The van der Waals surface area contributed by atoms with Gasteiger partial charge in [0.15, 0.2) is 0 Å². The summed E-state index contributed by atoms with van der Waals surface area (Å²) in [6.07, 6.45) is -2.26. The van der Waals surface area contributed by atoms with Gasteiger partial charge in [-0.2, -0.15) is 5.26 Å². The van der Waals surface area contributed by atoms with E-state index in [4.69, 9.17) is 5.26 Å². The first-order valence-corrected chi connectivity index (χ1v) is 9.59. The molecule has 1 atom stereocenters. The van der Waals surface area contributed by atoms with E-state index in [-0.39, 0.29) is 24.0 Å². The van der Waals surface area contributed by atoms with Gasteiger partial charge in [0.1, 0.15) is 11.6 Å². The molecule has 0 aliphatic carbocycles. The van der Waals surface area contributed by atoms with E-state index in [9.17, 15) is 18.0 Å². The van der Waals surface area contributed by atoms with Crippen molar-refractivity contribution in [2.75, 3.05) is 5.32 Å². The summed E-state index contributed by atoms with van der Waals surface area (Å²) in [5.74, 6) is -0.102. The Bertz CT molecular complexity index is 801. The van der Waals surface area contributed by atoms with Crippen molar-refractivity contribution in [2.45, 2.75) is 53.8 Å². The van der Waals surface area contributed by atoms with Crippen molar-refractivity contribution in [3.05, 3.63) is 53.7 Å². The Kier molecular flexibility index (Phi) is 12.6. The highest BCUT2D eigenvalue weighted by molar-refractivity contribution is 5.91. The lowest BCUT2D eigenvalue weighted by molar-refractivity contribution is -0.274. The predicted molar refractivity (Wildman–Crippen MR) is 111 cm³/mol. The highest BCUT2D eigenvalue weighted by atomic mass is 19.4. The lowest BCUT2D eigenvalue weighted by Gasteiger charge is -2.10. The molecule has 1 amide bonds. The second-order valence-electron chi connectivity index (χ2n) is 6.08. The molecule has 1 unspecified atom stereocenters. The highest BCUT2D eigenvalue weighted by Gasteiger charge is 2.31. The Balaban J connectivity index is 0.000000905. The molecule has 0 fully saturated rings. The zero-order chi connectivity index (χ0) is 23.2. The summed E-state index contributed by atoms with van der Waals surface area (Å²) in [6, 6.07) is 10.9. The van der Waals surface area contributed by atoms with E-state index in [2.05, 4.69) is 21.1 Å². The van der Waals surface area contributed by atoms with Crippen molar-refractivity contribution in [1.82, 2.24) is 4.98 Å². The minimum atomic E-state index is -4.76. The second kappa shape index (κ2) is 14.0. The highest BCUT2D eigenvalue weighted by Crippen LogP contribution is 2.23. The zero-order valence-electron chi connectivity index (χ0n) is 17.9. The molecule has 0 aliphatic heterocycles. The van der Waals surface area contributed by atoms with Crippen LogP contribution >= 0.6 is 0 Å². The molecular formula is C22H28F3N3O2. The summed E-state index contributed by atoms with van der Waals surface area (Å²) in [6.45, 7) is 9.79. The summed E-state index contributed by atoms with van der Waals surface area (Å²) < 4.78 is 40.2. The minimum absolute atomic E-state index is 0.0788. The van der Waals surface area contributed by atoms with Gasteiger partial charge < -0.3 is 10.1 Å². The van der Waals surface area contributed by atoms with Gasteiger partial charge in [-0.05, 0) is 49.6 Å². The van der Waals surface area contributed by atoms with Crippen molar-refractivity contribution in [3.63, 3.8) is 0 Å². The van der Waals surface area contributed by atoms with Gasteiger partial charge in [-0.15, -0.1) is 13.2 Å². The topological polar surface area (TPSA) is 75.0 Å². The number of hydrogen-bond acceptors (Lipinski definition) is 4. The van der Waals surface area contributed by atoms with Crippen molar-refractivity contribution in [3.8, 4) is 11.8 Å². The van der Waals surface area contributed by atoms with Gasteiger partial charge in [-0.1, -0.05) is 39.0 Å². The monoisotopic (exact) mass is 423 g/mol. The van der Waals surface area contributed by atoms with E-state index in [0.717, 1.165) is 12.0 Å². The largest absolute Gasteiger partial charge is 0.573 e. The summed E-state index contributed by atoms with van der Waals surface area (Å²) >= 11 is 0. The van der Waals surface area contributed by atoms with Crippen LogP contribution in [0, 0.1) is 24.2 Å². The molecule has 0 radical (unpaired) electrons. The van der Waals surface area contributed by atoms with Crippen molar-refractivity contribution in [2.24, 2.45) is 5.92 Å². The van der Waals surface area contributed by atoms with Crippen LogP contribution in [-0.2, 0) is 11.2 Å². The molecule has 0 aliphatic rings. The number of nitrogens with zero attached hydrogens (tertiary/aromatic N) is 2. The van der Waals surface area contributed by atoms with Gasteiger partial charge in [0.25, 0.3) is 0 Å². The number of alkyl halides is 3. The van der Waals surface area contributed by atoms with Gasteiger partial charge in [0, 0.05) is 12.1 Å². The number of amides is 1. The quantitative estimate of drug-likeness (QED) is 0.635. The maximum absolute atomic E-state index is 12.1. The molecule has 30 heavy (non-hydrogen) atoms. The number of ether oxygens (including phenoxy) is 1. The number of pyridine rings is 1. The number of rotatable bonds is 5. The summed E-state index contributed by atoms with van der Waals surface area (Å²) in [4.78, 5) is 15.9. The molecular weight excluding hydrogens is 395 g/mol. The van der Waals surface area contributed by atoms with Crippen LogP contribution in [0.2, 0.25) is 0 Å². The molecule has 0 bridgehead atoms. The summed E-state index contributed by atoms with van der Waals surface area (Å²) in [7, 11) is 0. The first kappa shape index (κ1) is 26.9. The normalized spacial score (nSPS) is 10.9. The Morgan fingerprint density at radius 3 is 2.40 bits per heavy atom. The lowest BCUT2D eigenvalue weighted by atomic mass is 10.1. The SMILES string of the molecule is CC.CCC(C)C#N.Cc1ccc(NC(=O)Cc2cccc(OC(F)(F)F)c2)nc1. The number of halogens is 3. The van der Waals surface area contributed by atoms with Crippen LogP contribution in [0.25, 0.3) is 0 Å². The molecule has 2 rings (SSSR count). The number of hydrogen-bond donors (Lipinski definition) is 1. The van der Waals surface area contributed by atoms with Crippen LogP contribution < -0.4 is 10.1 Å². The number of nitrogens with one attached hydrogen (secondary N) is 1. The first-order valence-electron chi connectivity index (χ1n) is 9.59. The molecule has 164 valence electrons. The molecule has 1 N–H and O–H groups in total. The number of carbonyl (C=O) groups is 1. The third kappa shape index (κ3) is 12.4. The molecule has 1 aromatic carbocycles. The van der Waals surface area contributed by atoms with Gasteiger partial charge in [0.05, 0.1) is 12.5 Å². The lowest BCUT2D eigenvalue weighted by Crippen LogP contribution is -2.18. The molecule has 0 saturated heterocycles. The molecule has 0 saturated carbocycles. The number of benzene rings is 1. The fourth-order valence-corrected chi connectivity index (χ4v) is 1.86. The van der Waals surface area contributed by atoms with Crippen molar-refractivity contribution < 1.29 is 22.7 Å². The van der Waals surface area contributed by atoms with E-state index >= 15 is 0 Å². The van der Waals surface area contributed by atoms with E-state index in [1.165, 1.54) is 18.2 Å². The Morgan fingerprint density at radius 1 is 1.27 bits per heavy atom. The van der Waals surface area contributed by atoms with Gasteiger partial charge in [-0.25, -0.2) is 4.98 Å². The third-order valence-corrected chi connectivity index (χ3v) is 3.51. The smallest absolute Gasteiger partial charge is 0.406 e. The molecule has 8 heteroatoms. The fourth-order valence-electron chi connectivity index (χ4n) is 1.86. The van der Waals surface area contributed by atoms with E-state index < -0.39 is 6.36 Å². The van der Waals surface area contributed by atoms with Crippen LogP contribution in [0.15, 0.2) is 42.6 Å². The van der Waals surface area contributed by atoms with E-state index in [1.54, 1.807) is 24.4 Å². The number of nitriles is 1. The van der Waals surface area contributed by atoms with Crippen LogP contribution in [-0.4, -0.2) is 17.3 Å². The maximum Gasteiger partial charge on any atom is 0.573 e.